The highest BCUT2D eigenvalue weighted by molar-refractivity contribution is 4.81. The van der Waals surface area contributed by atoms with Crippen molar-refractivity contribution in [1.29, 1.82) is 0 Å². The van der Waals surface area contributed by atoms with Crippen molar-refractivity contribution in [2.75, 3.05) is 20.6 Å². The number of nitrogens with two attached hydrogens (primary N) is 1. The van der Waals surface area contributed by atoms with Crippen LogP contribution in [0, 0.1) is 5.92 Å². The van der Waals surface area contributed by atoms with E-state index >= 15 is 0 Å². The van der Waals surface area contributed by atoms with Crippen LogP contribution in [-0.4, -0.2) is 43.7 Å². The van der Waals surface area contributed by atoms with E-state index in [1.807, 2.05) is 0 Å². The lowest BCUT2D eigenvalue weighted by molar-refractivity contribution is 0.210. The van der Waals surface area contributed by atoms with E-state index in [0.717, 1.165) is 6.54 Å². The van der Waals surface area contributed by atoms with Crippen LogP contribution in [0.25, 0.3) is 0 Å². The molecule has 1 atom stereocenters. The minimum Gasteiger partial charge on any atom is -0.328 e. The predicted molar refractivity (Wildman–Crippen MR) is 70.5 cm³/mol. The van der Waals surface area contributed by atoms with Crippen molar-refractivity contribution in [3.05, 3.63) is 0 Å². The molecule has 96 valence electrons. The molecule has 3 nitrogen and oxygen atoms in total. The van der Waals surface area contributed by atoms with Gasteiger partial charge < -0.3 is 16.0 Å². The highest BCUT2D eigenvalue weighted by Crippen LogP contribution is 2.17. The molecule has 0 aromatic heterocycles. The molecule has 1 aliphatic rings. The Morgan fingerprint density at radius 2 is 1.75 bits per heavy atom. The Morgan fingerprint density at radius 3 is 2.19 bits per heavy atom. The third-order valence-corrected chi connectivity index (χ3v) is 3.82. The Labute approximate surface area is 101 Å². The van der Waals surface area contributed by atoms with Crippen molar-refractivity contribution >= 4 is 0 Å². The van der Waals surface area contributed by atoms with Gasteiger partial charge in [0.15, 0.2) is 0 Å². The summed E-state index contributed by atoms with van der Waals surface area (Å²) in [6.45, 7) is 5.69. The summed E-state index contributed by atoms with van der Waals surface area (Å²) in [5.41, 5.74) is 5.91. The maximum absolute atomic E-state index is 5.91. The quantitative estimate of drug-likeness (QED) is 0.746. The van der Waals surface area contributed by atoms with Crippen LogP contribution >= 0.6 is 0 Å². The highest BCUT2D eigenvalue weighted by atomic mass is 15.1. The van der Waals surface area contributed by atoms with Crippen LogP contribution in [0.3, 0.4) is 0 Å². The maximum Gasteiger partial charge on any atom is 0.0237 e. The number of hydrogen-bond acceptors (Lipinski definition) is 3. The normalized spacial score (nSPS) is 28.7. The summed E-state index contributed by atoms with van der Waals surface area (Å²) in [6.07, 6.45) is 4.87. The number of nitrogens with zero attached hydrogens (tertiary/aromatic N) is 1. The first-order chi connectivity index (χ1) is 7.50. The van der Waals surface area contributed by atoms with Crippen molar-refractivity contribution in [2.24, 2.45) is 11.7 Å². The van der Waals surface area contributed by atoms with Gasteiger partial charge in [-0.2, -0.15) is 0 Å². The van der Waals surface area contributed by atoms with Gasteiger partial charge in [-0.25, -0.2) is 0 Å². The lowest BCUT2D eigenvalue weighted by Gasteiger charge is -2.32. The van der Waals surface area contributed by atoms with Gasteiger partial charge in [-0.3, -0.25) is 0 Å². The average molecular weight is 227 g/mol. The lowest BCUT2D eigenvalue weighted by Crippen LogP contribution is -2.46. The second-order valence-corrected chi connectivity index (χ2v) is 5.79. The molecule has 0 amide bonds. The molecule has 0 bridgehead atoms. The van der Waals surface area contributed by atoms with Gasteiger partial charge in [0.25, 0.3) is 0 Å². The van der Waals surface area contributed by atoms with E-state index in [1.165, 1.54) is 25.7 Å². The molecule has 1 unspecified atom stereocenters. The third kappa shape index (κ3) is 4.40. The Morgan fingerprint density at radius 1 is 1.19 bits per heavy atom. The summed E-state index contributed by atoms with van der Waals surface area (Å²) in [5.74, 6) is 0.702. The largest absolute Gasteiger partial charge is 0.328 e. The zero-order chi connectivity index (χ0) is 12.1. The van der Waals surface area contributed by atoms with E-state index in [2.05, 4.69) is 38.2 Å². The molecule has 0 aliphatic heterocycles. The molecule has 0 aromatic rings. The number of nitrogens with one attached hydrogen (secondary N) is 1. The van der Waals surface area contributed by atoms with Crippen molar-refractivity contribution in [3.8, 4) is 0 Å². The molecule has 1 fully saturated rings. The summed E-state index contributed by atoms with van der Waals surface area (Å²) in [4.78, 5) is 2.33. The van der Waals surface area contributed by atoms with E-state index in [1.54, 1.807) is 0 Å². The second kappa shape index (κ2) is 6.58. The number of hydrogen-bond donors (Lipinski definition) is 2. The minimum absolute atomic E-state index is 0.452. The van der Waals surface area contributed by atoms with E-state index < -0.39 is 0 Å². The van der Waals surface area contributed by atoms with Crippen LogP contribution in [0.15, 0.2) is 0 Å². The molecule has 16 heavy (non-hydrogen) atoms. The molecule has 0 aromatic carbocycles. The molecule has 0 radical (unpaired) electrons. The van der Waals surface area contributed by atoms with Gasteiger partial charge >= 0.3 is 0 Å². The van der Waals surface area contributed by atoms with Crippen molar-refractivity contribution in [2.45, 2.75) is 57.7 Å². The predicted octanol–water partition coefficient (Wildman–Crippen LogP) is 1.43. The summed E-state index contributed by atoms with van der Waals surface area (Å²) in [5, 5.41) is 3.71. The molecule has 1 saturated carbocycles. The van der Waals surface area contributed by atoms with Crippen LogP contribution in [0.2, 0.25) is 0 Å². The van der Waals surface area contributed by atoms with Gasteiger partial charge in [0, 0.05) is 24.7 Å². The van der Waals surface area contributed by atoms with Gasteiger partial charge in [0.1, 0.15) is 0 Å². The van der Waals surface area contributed by atoms with Crippen LogP contribution < -0.4 is 11.1 Å². The Kier molecular flexibility index (Phi) is 5.73. The van der Waals surface area contributed by atoms with Gasteiger partial charge in [0.2, 0.25) is 0 Å². The maximum atomic E-state index is 5.91. The monoisotopic (exact) mass is 227 g/mol. The van der Waals surface area contributed by atoms with Gasteiger partial charge in [-0.1, -0.05) is 13.8 Å². The second-order valence-electron chi connectivity index (χ2n) is 5.79. The van der Waals surface area contributed by atoms with Crippen molar-refractivity contribution in [1.82, 2.24) is 10.2 Å². The first-order valence-corrected chi connectivity index (χ1v) is 6.66. The van der Waals surface area contributed by atoms with Crippen LogP contribution in [0.4, 0.5) is 0 Å². The Balaban J connectivity index is 2.27. The number of rotatable bonds is 5. The molecular weight excluding hydrogens is 198 g/mol. The van der Waals surface area contributed by atoms with Crippen LogP contribution in [0.1, 0.15) is 39.5 Å². The molecule has 1 rings (SSSR count). The first kappa shape index (κ1) is 13.9. The molecular formula is C13H29N3. The Bertz CT molecular complexity index is 176. The standard InChI is InChI=1S/C13H29N3/c1-10(2)13(16(3)4)9-15-12-7-5-11(14)6-8-12/h10-13,15H,5-9,14H2,1-4H3. The molecule has 1 aliphatic carbocycles. The van der Waals surface area contributed by atoms with Crippen LogP contribution in [0.5, 0.6) is 0 Å². The highest BCUT2D eigenvalue weighted by Gasteiger charge is 2.21. The van der Waals surface area contributed by atoms with Gasteiger partial charge in [-0.05, 0) is 45.7 Å². The summed E-state index contributed by atoms with van der Waals surface area (Å²) >= 11 is 0. The smallest absolute Gasteiger partial charge is 0.0237 e. The molecule has 3 N–H and O–H groups in total. The van der Waals surface area contributed by atoms with Crippen molar-refractivity contribution < 1.29 is 0 Å². The fraction of sp³-hybridized carbons (Fsp3) is 1.00. The molecule has 0 saturated heterocycles. The molecule has 0 spiro atoms. The fourth-order valence-electron chi connectivity index (χ4n) is 2.63. The SMILES string of the molecule is CC(C)C(CNC1CCC(N)CC1)N(C)C. The number of likely N-dealkylation sites (N-methyl/N-ethyl adjacent to an activating group) is 1. The van der Waals surface area contributed by atoms with Crippen molar-refractivity contribution in [3.63, 3.8) is 0 Å². The van der Waals surface area contributed by atoms with E-state index in [9.17, 15) is 0 Å². The topological polar surface area (TPSA) is 41.3 Å². The third-order valence-electron chi connectivity index (χ3n) is 3.82. The summed E-state index contributed by atoms with van der Waals surface area (Å²) in [7, 11) is 4.34. The zero-order valence-corrected chi connectivity index (χ0v) is 11.4. The first-order valence-electron chi connectivity index (χ1n) is 6.66. The zero-order valence-electron chi connectivity index (χ0n) is 11.4. The van der Waals surface area contributed by atoms with Gasteiger partial charge in [0.05, 0.1) is 0 Å². The lowest BCUT2D eigenvalue weighted by atomic mass is 9.91. The van der Waals surface area contributed by atoms with E-state index in [0.29, 0.717) is 24.0 Å². The summed E-state index contributed by atoms with van der Waals surface area (Å²) < 4.78 is 0. The molecule has 3 heteroatoms. The summed E-state index contributed by atoms with van der Waals surface area (Å²) in [6, 6.07) is 1.78. The van der Waals surface area contributed by atoms with E-state index in [4.69, 9.17) is 5.73 Å². The fourth-order valence-corrected chi connectivity index (χ4v) is 2.63. The average Bonchev–Trinajstić information content (AvgIpc) is 2.20. The minimum atomic E-state index is 0.452. The van der Waals surface area contributed by atoms with E-state index in [-0.39, 0.29) is 0 Å². The van der Waals surface area contributed by atoms with Crippen LogP contribution in [-0.2, 0) is 0 Å². The van der Waals surface area contributed by atoms with Gasteiger partial charge in [-0.15, -0.1) is 0 Å². The Hall–Kier alpha value is -0.120. The molecule has 0 heterocycles.